The third-order valence-electron chi connectivity index (χ3n) is 5.76. The summed E-state index contributed by atoms with van der Waals surface area (Å²) in [5.74, 6) is 0.501. The van der Waals surface area contributed by atoms with Crippen molar-refractivity contribution in [2.24, 2.45) is 0 Å². The van der Waals surface area contributed by atoms with Gasteiger partial charge in [0.25, 0.3) is 0 Å². The lowest BCUT2D eigenvalue weighted by atomic mass is 10.1. The van der Waals surface area contributed by atoms with E-state index in [1.807, 2.05) is 45.0 Å². The van der Waals surface area contributed by atoms with Gasteiger partial charge in [-0.3, -0.25) is 4.57 Å². The minimum atomic E-state index is -0.528. The van der Waals surface area contributed by atoms with E-state index in [9.17, 15) is 14.9 Å². The van der Waals surface area contributed by atoms with E-state index in [0.29, 0.717) is 38.4 Å². The maximum absolute atomic E-state index is 12.4. The van der Waals surface area contributed by atoms with Crippen LogP contribution in [-0.4, -0.2) is 69.5 Å². The largest absolute Gasteiger partial charge is 0.490 e. The zero-order chi connectivity index (χ0) is 24.5. The quantitative estimate of drug-likeness (QED) is 0.479. The van der Waals surface area contributed by atoms with Crippen LogP contribution in [0, 0.1) is 10.1 Å². The fraction of sp³-hybridized carbons (Fsp3) is 0.565. The van der Waals surface area contributed by atoms with Crippen LogP contribution in [-0.2, 0) is 11.3 Å². The lowest BCUT2D eigenvalue weighted by Gasteiger charge is -2.41. The molecule has 0 spiro atoms. The number of aryl methyl sites for hydroxylation is 1. The molecular formula is C23H31N5O6. The second-order valence-electron chi connectivity index (χ2n) is 9.63. The summed E-state index contributed by atoms with van der Waals surface area (Å²) < 4.78 is 18.8. The van der Waals surface area contributed by atoms with Crippen molar-refractivity contribution in [3.05, 3.63) is 40.6 Å². The number of carbonyl (C=O) groups excluding carboxylic acids is 1. The average molecular weight is 474 g/mol. The molecule has 0 unspecified atom stereocenters. The standard InChI is InChI=1S/C23H31N5O6/c1-16-13-26(22(29)34-23(2,3)4)11-12-27(16)17-5-7-18(8-6-17)32-15-19-9-10-25-14-20(28(30)31)24-21(25)33-19/h5-8,14,16,19H,9-13,15H2,1-4H3/t16-,19+/m0/s1. The van der Waals surface area contributed by atoms with Gasteiger partial charge in [0.15, 0.2) is 0 Å². The van der Waals surface area contributed by atoms with E-state index in [4.69, 9.17) is 14.2 Å². The molecule has 11 nitrogen and oxygen atoms in total. The number of benzene rings is 1. The molecule has 2 aliphatic heterocycles. The highest BCUT2D eigenvalue weighted by atomic mass is 16.6. The van der Waals surface area contributed by atoms with Crippen LogP contribution in [0.4, 0.5) is 16.3 Å². The molecule has 3 heterocycles. The van der Waals surface area contributed by atoms with Crippen LogP contribution in [0.5, 0.6) is 11.8 Å². The van der Waals surface area contributed by atoms with E-state index in [-0.39, 0.29) is 30.1 Å². The summed E-state index contributed by atoms with van der Waals surface area (Å²) in [7, 11) is 0. The molecule has 184 valence electrons. The number of amides is 1. The van der Waals surface area contributed by atoms with Crippen molar-refractivity contribution in [1.29, 1.82) is 0 Å². The Morgan fingerprint density at radius 1 is 1.24 bits per heavy atom. The van der Waals surface area contributed by atoms with Crippen LogP contribution >= 0.6 is 0 Å². The zero-order valence-electron chi connectivity index (χ0n) is 20.0. The van der Waals surface area contributed by atoms with Crippen LogP contribution in [0.25, 0.3) is 0 Å². The van der Waals surface area contributed by atoms with E-state index >= 15 is 0 Å². The van der Waals surface area contributed by atoms with Gasteiger partial charge in [0.05, 0.1) is 0 Å². The molecule has 0 bridgehead atoms. The summed E-state index contributed by atoms with van der Waals surface area (Å²) >= 11 is 0. The fourth-order valence-electron chi connectivity index (χ4n) is 4.09. The van der Waals surface area contributed by atoms with Gasteiger partial charge in [-0.25, -0.2) is 4.79 Å². The topological polar surface area (TPSA) is 112 Å². The summed E-state index contributed by atoms with van der Waals surface area (Å²) in [6.07, 6.45) is 1.57. The van der Waals surface area contributed by atoms with Gasteiger partial charge in [0.2, 0.25) is 0 Å². The minimum absolute atomic E-state index is 0.150. The van der Waals surface area contributed by atoms with Crippen molar-refractivity contribution in [3.63, 3.8) is 0 Å². The number of fused-ring (bicyclic) bond motifs is 1. The lowest BCUT2D eigenvalue weighted by Crippen LogP contribution is -2.54. The number of rotatable bonds is 5. The van der Waals surface area contributed by atoms with E-state index in [1.165, 1.54) is 6.20 Å². The Bertz CT molecular complexity index is 1030. The maximum atomic E-state index is 12.4. The molecule has 0 radical (unpaired) electrons. The molecule has 34 heavy (non-hydrogen) atoms. The van der Waals surface area contributed by atoms with Gasteiger partial charge in [-0.2, -0.15) is 0 Å². The van der Waals surface area contributed by atoms with Crippen LogP contribution in [0.1, 0.15) is 34.1 Å². The normalized spacial score (nSPS) is 20.4. The van der Waals surface area contributed by atoms with Crippen molar-refractivity contribution in [2.45, 2.75) is 58.4 Å². The number of anilines is 1. The van der Waals surface area contributed by atoms with Crippen LogP contribution in [0.3, 0.4) is 0 Å². The predicted molar refractivity (Wildman–Crippen MR) is 124 cm³/mol. The highest BCUT2D eigenvalue weighted by Gasteiger charge is 2.30. The number of nitro groups is 1. The van der Waals surface area contributed by atoms with Gasteiger partial charge in [0, 0.05) is 49.3 Å². The molecule has 2 atom stereocenters. The maximum Gasteiger partial charge on any atom is 0.414 e. The van der Waals surface area contributed by atoms with E-state index in [0.717, 1.165) is 12.2 Å². The molecule has 0 saturated carbocycles. The number of ether oxygens (including phenoxy) is 3. The second kappa shape index (κ2) is 9.40. The summed E-state index contributed by atoms with van der Waals surface area (Å²) in [5.41, 5.74) is 0.557. The monoisotopic (exact) mass is 473 g/mol. The van der Waals surface area contributed by atoms with Gasteiger partial charge in [0.1, 0.15) is 30.3 Å². The van der Waals surface area contributed by atoms with Gasteiger partial charge in [-0.15, -0.1) is 0 Å². The number of aromatic nitrogens is 2. The number of piperazine rings is 1. The molecule has 11 heteroatoms. The summed E-state index contributed by atoms with van der Waals surface area (Å²) in [6, 6.07) is 8.24. The smallest absolute Gasteiger partial charge is 0.414 e. The third kappa shape index (κ3) is 5.52. The molecule has 1 aromatic carbocycles. The summed E-state index contributed by atoms with van der Waals surface area (Å²) in [5, 5.41) is 10.9. The first-order valence-corrected chi connectivity index (χ1v) is 11.4. The number of imidazole rings is 1. The van der Waals surface area contributed by atoms with E-state index in [1.54, 1.807) is 9.47 Å². The Morgan fingerprint density at radius 3 is 2.62 bits per heavy atom. The first kappa shape index (κ1) is 23.7. The molecule has 0 N–H and O–H groups in total. The van der Waals surface area contributed by atoms with Crippen molar-refractivity contribution >= 4 is 17.6 Å². The third-order valence-corrected chi connectivity index (χ3v) is 5.76. The summed E-state index contributed by atoms with van der Waals surface area (Å²) in [4.78, 5) is 30.7. The Kier molecular flexibility index (Phi) is 6.54. The number of hydrogen-bond donors (Lipinski definition) is 0. The zero-order valence-corrected chi connectivity index (χ0v) is 20.0. The SMILES string of the molecule is C[C@H]1CN(C(=O)OC(C)(C)C)CCN1c1ccc(OC[C@H]2CCn3cc([N+](=O)[O-])nc3O2)cc1. The molecule has 1 saturated heterocycles. The van der Waals surface area contributed by atoms with Crippen LogP contribution < -0.4 is 14.4 Å². The van der Waals surface area contributed by atoms with Gasteiger partial charge in [-0.05, 0) is 56.9 Å². The van der Waals surface area contributed by atoms with Crippen molar-refractivity contribution in [3.8, 4) is 11.8 Å². The highest BCUT2D eigenvalue weighted by Crippen LogP contribution is 2.27. The first-order chi connectivity index (χ1) is 16.1. The average Bonchev–Trinajstić information content (AvgIpc) is 3.21. The molecule has 1 aromatic heterocycles. The predicted octanol–water partition coefficient (Wildman–Crippen LogP) is 3.47. The summed E-state index contributed by atoms with van der Waals surface area (Å²) in [6.45, 7) is 10.5. The fourth-order valence-corrected chi connectivity index (χ4v) is 4.09. The van der Waals surface area contributed by atoms with Crippen LogP contribution in [0.2, 0.25) is 0 Å². The molecule has 1 amide bonds. The van der Waals surface area contributed by atoms with Crippen molar-refractivity contribution in [2.75, 3.05) is 31.1 Å². The van der Waals surface area contributed by atoms with Gasteiger partial charge in [-0.1, -0.05) is 0 Å². The minimum Gasteiger partial charge on any atom is -0.490 e. The highest BCUT2D eigenvalue weighted by molar-refractivity contribution is 5.69. The van der Waals surface area contributed by atoms with E-state index in [2.05, 4.69) is 16.8 Å². The van der Waals surface area contributed by atoms with Gasteiger partial charge < -0.3 is 34.1 Å². The Balaban J connectivity index is 1.28. The number of nitrogens with zero attached hydrogens (tertiary/aromatic N) is 5. The number of hydrogen-bond acceptors (Lipinski definition) is 8. The molecule has 2 aliphatic rings. The van der Waals surface area contributed by atoms with Gasteiger partial charge >= 0.3 is 17.9 Å². The molecule has 1 fully saturated rings. The molecular weight excluding hydrogens is 442 g/mol. The van der Waals surface area contributed by atoms with Crippen molar-refractivity contribution in [1.82, 2.24) is 14.5 Å². The van der Waals surface area contributed by atoms with Crippen LogP contribution in [0.15, 0.2) is 30.5 Å². The Hall–Kier alpha value is -3.50. The number of carbonyl (C=O) groups is 1. The first-order valence-electron chi connectivity index (χ1n) is 11.4. The molecule has 0 aliphatic carbocycles. The Morgan fingerprint density at radius 2 is 1.97 bits per heavy atom. The molecule has 2 aromatic rings. The Labute approximate surface area is 198 Å². The van der Waals surface area contributed by atoms with Crippen molar-refractivity contribution < 1.29 is 23.9 Å². The van der Waals surface area contributed by atoms with E-state index < -0.39 is 10.5 Å². The molecule has 4 rings (SSSR count). The lowest BCUT2D eigenvalue weighted by molar-refractivity contribution is -0.389. The second-order valence-corrected chi connectivity index (χ2v) is 9.63.